The topological polar surface area (TPSA) is 71.3 Å². The van der Waals surface area contributed by atoms with Gasteiger partial charge in [0.25, 0.3) is 0 Å². The Balaban J connectivity index is 1.31. The largest absolute Gasteiger partial charge is 0.353 e. The smallest absolute Gasteiger partial charge is 0.241 e. The van der Waals surface area contributed by atoms with Crippen LogP contribution in [0.5, 0.6) is 0 Å². The number of rotatable bonds is 8. The zero-order valence-electron chi connectivity index (χ0n) is 20.1. The lowest BCUT2D eigenvalue weighted by Gasteiger charge is -2.33. The van der Waals surface area contributed by atoms with Gasteiger partial charge in [-0.15, -0.1) is 0 Å². The molecule has 2 aromatic carbocycles. The van der Waals surface area contributed by atoms with Crippen LogP contribution in [0.1, 0.15) is 51.5 Å². The highest BCUT2D eigenvalue weighted by atomic mass is 35.5. The van der Waals surface area contributed by atoms with E-state index >= 15 is 0 Å². The number of carbonyl (C=O) groups is 1. The molecular formula is C27H33ClN4O2. The van der Waals surface area contributed by atoms with E-state index in [4.69, 9.17) is 16.1 Å². The van der Waals surface area contributed by atoms with Crippen LogP contribution in [0.15, 0.2) is 59.1 Å². The van der Waals surface area contributed by atoms with E-state index in [1.165, 1.54) is 5.56 Å². The van der Waals surface area contributed by atoms with Crippen molar-refractivity contribution in [1.29, 1.82) is 0 Å². The monoisotopic (exact) mass is 480 g/mol. The van der Waals surface area contributed by atoms with Gasteiger partial charge in [-0.05, 0) is 55.8 Å². The van der Waals surface area contributed by atoms with E-state index in [1.54, 1.807) is 0 Å². The van der Waals surface area contributed by atoms with Crippen molar-refractivity contribution < 1.29 is 9.32 Å². The molecule has 1 aliphatic heterocycles. The van der Waals surface area contributed by atoms with Crippen molar-refractivity contribution in [2.45, 2.75) is 58.0 Å². The van der Waals surface area contributed by atoms with Crippen LogP contribution in [0.2, 0.25) is 5.02 Å². The van der Waals surface area contributed by atoms with Gasteiger partial charge in [-0.25, -0.2) is 0 Å². The number of hydrogen-bond acceptors (Lipinski definition) is 5. The molecule has 0 saturated carbocycles. The van der Waals surface area contributed by atoms with Crippen molar-refractivity contribution in [3.05, 3.63) is 71.1 Å². The Morgan fingerprint density at radius 2 is 1.94 bits per heavy atom. The molecule has 34 heavy (non-hydrogen) atoms. The minimum Gasteiger partial charge on any atom is -0.353 e. The number of piperidine rings is 1. The Bertz CT molecular complexity index is 1100. The number of benzene rings is 2. The lowest BCUT2D eigenvalue weighted by Crippen LogP contribution is -2.46. The second-order valence-electron chi connectivity index (χ2n) is 9.93. The van der Waals surface area contributed by atoms with Crippen LogP contribution in [0, 0.1) is 5.92 Å². The van der Waals surface area contributed by atoms with Crippen molar-refractivity contribution in [2.75, 3.05) is 13.1 Å². The fraction of sp³-hybridized carbons (Fsp3) is 0.444. The van der Waals surface area contributed by atoms with Gasteiger partial charge in [0.1, 0.15) is 0 Å². The third kappa shape index (κ3) is 6.05. The number of amides is 1. The fourth-order valence-electron chi connectivity index (χ4n) is 4.86. The number of nitrogens with one attached hydrogen (secondary N) is 1. The normalized spacial score (nSPS) is 17.9. The summed E-state index contributed by atoms with van der Waals surface area (Å²) in [5, 5.41) is 7.94. The minimum atomic E-state index is -0.0398. The number of carbonyl (C=O) groups excluding carboxylic acids is 1. The second kappa shape index (κ2) is 10.7. The molecule has 180 valence electrons. The number of nitrogens with zero attached hydrogens (tertiary/aromatic N) is 3. The molecular weight excluding hydrogens is 448 g/mol. The molecule has 4 rings (SSSR count). The molecule has 1 fully saturated rings. The van der Waals surface area contributed by atoms with Gasteiger partial charge >= 0.3 is 0 Å². The molecule has 1 N–H and O–H groups in total. The van der Waals surface area contributed by atoms with Crippen LogP contribution in [-0.2, 0) is 16.8 Å². The van der Waals surface area contributed by atoms with Gasteiger partial charge in [-0.2, -0.15) is 4.98 Å². The van der Waals surface area contributed by atoms with Crippen LogP contribution in [0.3, 0.4) is 0 Å². The molecule has 0 bridgehead atoms. The van der Waals surface area contributed by atoms with E-state index in [1.807, 2.05) is 30.3 Å². The number of halogens is 1. The first-order chi connectivity index (χ1) is 16.3. The SMILES string of the molecule is CC(CC(C)(C)c1ccccc1)NC(=O)C1CCCN(Cc2nc(-c3ccccc3Cl)no2)C1. The highest BCUT2D eigenvalue weighted by Crippen LogP contribution is 2.29. The summed E-state index contributed by atoms with van der Waals surface area (Å²) in [5.74, 6) is 1.11. The van der Waals surface area contributed by atoms with Crippen molar-refractivity contribution in [3.8, 4) is 11.4 Å². The van der Waals surface area contributed by atoms with Crippen LogP contribution in [0.4, 0.5) is 0 Å². The molecule has 3 aromatic rings. The molecule has 2 unspecified atom stereocenters. The highest BCUT2D eigenvalue weighted by molar-refractivity contribution is 6.33. The van der Waals surface area contributed by atoms with E-state index in [0.29, 0.717) is 29.8 Å². The van der Waals surface area contributed by atoms with Gasteiger partial charge in [0.2, 0.25) is 17.6 Å². The predicted octanol–water partition coefficient (Wildman–Crippen LogP) is 5.47. The second-order valence-corrected chi connectivity index (χ2v) is 10.3. The van der Waals surface area contributed by atoms with Crippen molar-refractivity contribution in [2.24, 2.45) is 5.92 Å². The summed E-state index contributed by atoms with van der Waals surface area (Å²) in [6.07, 6.45) is 2.74. The summed E-state index contributed by atoms with van der Waals surface area (Å²) in [7, 11) is 0. The number of likely N-dealkylation sites (tertiary alicyclic amines) is 1. The molecule has 1 amide bonds. The van der Waals surface area contributed by atoms with Gasteiger partial charge in [0.15, 0.2) is 0 Å². The third-order valence-electron chi connectivity index (χ3n) is 6.58. The molecule has 2 heterocycles. The Labute approximate surface area is 206 Å². The first-order valence-corrected chi connectivity index (χ1v) is 12.4. The Morgan fingerprint density at radius 3 is 2.71 bits per heavy atom. The molecule has 1 saturated heterocycles. The first kappa shape index (κ1) is 24.4. The maximum absolute atomic E-state index is 13.1. The molecule has 0 radical (unpaired) electrons. The quantitative estimate of drug-likeness (QED) is 0.462. The molecule has 1 aromatic heterocycles. The third-order valence-corrected chi connectivity index (χ3v) is 6.91. The van der Waals surface area contributed by atoms with Crippen LogP contribution < -0.4 is 5.32 Å². The van der Waals surface area contributed by atoms with Crippen molar-refractivity contribution in [1.82, 2.24) is 20.4 Å². The van der Waals surface area contributed by atoms with E-state index in [9.17, 15) is 4.79 Å². The lowest BCUT2D eigenvalue weighted by atomic mass is 9.79. The van der Waals surface area contributed by atoms with E-state index in [0.717, 1.165) is 31.4 Å². The predicted molar refractivity (Wildman–Crippen MR) is 134 cm³/mol. The van der Waals surface area contributed by atoms with Crippen LogP contribution >= 0.6 is 11.6 Å². The number of hydrogen-bond donors (Lipinski definition) is 1. The number of aromatic nitrogens is 2. The summed E-state index contributed by atoms with van der Waals surface area (Å²) >= 11 is 6.25. The van der Waals surface area contributed by atoms with E-state index < -0.39 is 0 Å². The average molecular weight is 481 g/mol. The first-order valence-electron chi connectivity index (χ1n) is 12.0. The molecule has 7 heteroatoms. The van der Waals surface area contributed by atoms with Crippen molar-refractivity contribution in [3.63, 3.8) is 0 Å². The highest BCUT2D eigenvalue weighted by Gasteiger charge is 2.29. The Morgan fingerprint density at radius 1 is 1.21 bits per heavy atom. The average Bonchev–Trinajstić information content (AvgIpc) is 3.28. The van der Waals surface area contributed by atoms with Gasteiger partial charge < -0.3 is 9.84 Å². The maximum Gasteiger partial charge on any atom is 0.241 e. The van der Waals surface area contributed by atoms with Gasteiger partial charge in [-0.1, -0.05) is 73.1 Å². The Hall–Kier alpha value is -2.70. The molecule has 1 aliphatic rings. The molecule has 2 atom stereocenters. The van der Waals surface area contributed by atoms with Crippen LogP contribution in [-0.4, -0.2) is 40.1 Å². The molecule has 6 nitrogen and oxygen atoms in total. The molecule has 0 aliphatic carbocycles. The van der Waals surface area contributed by atoms with Crippen molar-refractivity contribution >= 4 is 17.5 Å². The summed E-state index contributed by atoms with van der Waals surface area (Å²) in [6, 6.07) is 18.0. The zero-order valence-corrected chi connectivity index (χ0v) is 20.9. The van der Waals surface area contributed by atoms with E-state index in [-0.39, 0.29) is 23.3 Å². The minimum absolute atomic E-state index is 0.0100. The van der Waals surface area contributed by atoms with Crippen LogP contribution in [0.25, 0.3) is 11.4 Å². The van der Waals surface area contributed by atoms with Gasteiger partial charge in [0.05, 0.1) is 17.5 Å². The summed E-state index contributed by atoms with van der Waals surface area (Å²) < 4.78 is 5.47. The summed E-state index contributed by atoms with van der Waals surface area (Å²) in [4.78, 5) is 19.8. The van der Waals surface area contributed by atoms with Gasteiger partial charge in [-0.3, -0.25) is 9.69 Å². The molecule has 0 spiro atoms. The van der Waals surface area contributed by atoms with Gasteiger partial charge in [0, 0.05) is 18.2 Å². The Kier molecular flexibility index (Phi) is 7.69. The summed E-state index contributed by atoms with van der Waals surface area (Å²) in [5.41, 5.74) is 2.03. The summed E-state index contributed by atoms with van der Waals surface area (Å²) in [6.45, 7) is 8.67. The van der Waals surface area contributed by atoms with E-state index in [2.05, 4.69) is 65.4 Å². The lowest BCUT2D eigenvalue weighted by molar-refractivity contribution is -0.127. The maximum atomic E-state index is 13.1. The fourth-order valence-corrected chi connectivity index (χ4v) is 5.08. The standard InChI is InChI=1S/C27H33ClN4O2/c1-19(16-27(2,3)21-11-5-4-6-12-21)29-26(33)20-10-9-15-32(17-20)18-24-30-25(31-34-24)22-13-7-8-14-23(22)28/h4-8,11-14,19-20H,9-10,15-18H2,1-3H3,(H,29,33). The zero-order chi connectivity index (χ0) is 24.1.